The summed E-state index contributed by atoms with van der Waals surface area (Å²) in [5.74, 6) is 1.30. The van der Waals surface area contributed by atoms with E-state index >= 15 is 0 Å². The summed E-state index contributed by atoms with van der Waals surface area (Å²) in [5, 5.41) is 9.44. The molecule has 0 spiro atoms. The van der Waals surface area contributed by atoms with Crippen LogP contribution in [0.3, 0.4) is 0 Å². The first kappa shape index (κ1) is 18.8. The Bertz CT molecular complexity index is 726. The van der Waals surface area contributed by atoms with Crippen molar-refractivity contribution in [3.05, 3.63) is 24.5 Å². The Kier molecular flexibility index (Phi) is 6.26. The molecule has 1 aliphatic heterocycles. The summed E-state index contributed by atoms with van der Waals surface area (Å²) in [7, 11) is 0. The quantitative estimate of drug-likeness (QED) is 0.722. The van der Waals surface area contributed by atoms with Crippen LogP contribution in [0.1, 0.15) is 27.2 Å². The minimum absolute atomic E-state index is 0.0785. The summed E-state index contributed by atoms with van der Waals surface area (Å²) in [6.45, 7) is 8.23. The van der Waals surface area contributed by atoms with Crippen molar-refractivity contribution in [3.8, 4) is 11.4 Å². The van der Waals surface area contributed by atoms with E-state index in [4.69, 9.17) is 4.74 Å². The number of aromatic nitrogens is 4. The summed E-state index contributed by atoms with van der Waals surface area (Å²) in [6, 6.07) is 3.85. The second kappa shape index (κ2) is 8.64. The molecule has 3 rings (SSSR count). The van der Waals surface area contributed by atoms with E-state index in [2.05, 4.69) is 26.7 Å². The number of rotatable bonds is 6. The molecule has 0 saturated carbocycles. The van der Waals surface area contributed by atoms with Gasteiger partial charge < -0.3 is 14.2 Å². The number of thioether (sulfide) groups is 1. The number of morpholine rings is 1. The van der Waals surface area contributed by atoms with Crippen LogP contribution >= 0.6 is 11.8 Å². The molecule has 8 heteroatoms. The molecule has 2 atom stereocenters. The van der Waals surface area contributed by atoms with E-state index in [1.807, 2.05) is 30.9 Å². The average molecular weight is 375 g/mol. The summed E-state index contributed by atoms with van der Waals surface area (Å²) in [4.78, 5) is 18.5. The molecule has 1 aliphatic rings. The number of hydrogen-bond donors (Lipinski definition) is 0. The van der Waals surface area contributed by atoms with Crippen molar-refractivity contribution in [1.82, 2.24) is 24.6 Å². The van der Waals surface area contributed by atoms with Crippen LogP contribution in [0.4, 0.5) is 0 Å². The van der Waals surface area contributed by atoms with E-state index in [9.17, 15) is 4.79 Å². The van der Waals surface area contributed by atoms with Gasteiger partial charge in [0.15, 0.2) is 11.0 Å². The number of pyridine rings is 1. The van der Waals surface area contributed by atoms with Gasteiger partial charge in [0, 0.05) is 37.6 Å². The van der Waals surface area contributed by atoms with Gasteiger partial charge in [0.25, 0.3) is 0 Å². The Balaban J connectivity index is 1.70. The molecule has 1 amide bonds. The molecule has 2 aromatic heterocycles. The van der Waals surface area contributed by atoms with Gasteiger partial charge in [0.2, 0.25) is 5.91 Å². The van der Waals surface area contributed by atoms with Crippen LogP contribution in [0, 0.1) is 0 Å². The molecule has 2 aromatic rings. The molecular formula is C18H25N5O2S. The largest absolute Gasteiger partial charge is 0.372 e. The molecule has 0 aromatic carbocycles. The fourth-order valence-electron chi connectivity index (χ4n) is 3.13. The lowest BCUT2D eigenvalue weighted by atomic mass is 10.2. The number of carbonyl (C=O) groups is 1. The molecule has 3 heterocycles. The van der Waals surface area contributed by atoms with Gasteiger partial charge in [-0.1, -0.05) is 18.7 Å². The lowest BCUT2D eigenvalue weighted by molar-refractivity contribution is -0.140. The first-order chi connectivity index (χ1) is 12.6. The van der Waals surface area contributed by atoms with E-state index in [-0.39, 0.29) is 18.1 Å². The standard InChI is InChI=1S/C18H25N5O2S/c1-4-9-23-17(15-5-7-19-8-6-15)20-21-18(23)26-12-16(24)22-10-13(2)25-14(3)11-22/h5-8,13-14H,4,9-12H2,1-3H3. The molecule has 2 unspecified atom stereocenters. The number of carbonyl (C=O) groups excluding carboxylic acids is 1. The van der Waals surface area contributed by atoms with E-state index in [1.54, 1.807) is 12.4 Å². The third kappa shape index (κ3) is 4.42. The topological polar surface area (TPSA) is 73.1 Å². The van der Waals surface area contributed by atoms with Crippen LogP contribution in [0.15, 0.2) is 29.7 Å². The lowest BCUT2D eigenvalue weighted by Crippen LogP contribution is -2.48. The van der Waals surface area contributed by atoms with Crippen molar-refractivity contribution in [2.24, 2.45) is 0 Å². The summed E-state index contributed by atoms with van der Waals surface area (Å²) in [5.41, 5.74) is 0.981. The number of amides is 1. The SMILES string of the molecule is CCCn1c(SCC(=O)N2CC(C)OC(C)C2)nnc1-c1ccncc1. The second-order valence-electron chi connectivity index (χ2n) is 6.54. The van der Waals surface area contributed by atoms with Gasteiger partial charge in [-0.05, 0) is 32.4 Å². The molecule has 0 N–H and O–H groups in total. The van der Waals surface area contributed by atoms with Crippen molar-refractivity contribution in [2.75, 3.05) is 18.8 Å². The molecule has 0 bridgehead atoms. The highest BCUT2D eigenvalue weighted by molar-refractivity contribution is 7.99. The molecule has 0 radical (unpaired) electrons. The monoisotopic (exact) mass is 375 g/mol. The molecule has 1 fully saturated rings. The zero-order valence-electron chi connectivity index (χ0n) is 15.5. The highest BCUT2D eigenvalue weighted by Crippen LogP contribution is 2.24. The van der Waals surface area contributed by atoms with Crippen molar-refractivity contribution in [2.45, 2.75) is 51.1 Å². The van der Waals surface area contributed by atoms with Crippen LogP contribution < -0.4 is 0 Å². The predicted molar refractivity (Wildman–Crippen MR) is 101 cm³/mol. The number of nitrogens with zero attached hydrogens (tertiary/aromatic N) is 5. The Hall–Kier alpha value is -1.93. The zero-order chi connectivity index (χ0) is 18.5. The second-order valence-corrected chi connectivity index (χ2v) is 7.48. The van der Waals surface area contributed by atoms with Crippen LogP contribution in [-0.2, 0) is 16.1 Å². The number of ether oxygens (including phenoxy) is 1. The van der Waals surface area contributed by atoms with Crippen LogP contribution in [-0.4, -0.2) is 61.6 Å². The fraction of sp³-hybridized carbons (Fsp3) is 0.556. The minimum Gasteiger partial charge on any atom is -0.372 e. The maximum atomic E-state index is 12.6. The maximum Gasteiger partial charge on any atom is 0.233 e. The average Bonchev–Trinajstić information content (AvgIpc) is 3.02. The van der Waals surface area contributed by atoms with Crippen molar-refractivity contribution < 1.29 is 9.53 Å². The normalized spacial score (nSPS) is 20.3. The van der Waals surface area contributed by atoms with Gasteiger partial charge in [-0.15, -0.1) is 10.2 Å². The third-order valence-corrected chi connectivity index (χ3v) is 5.15. The number of hydrogen-bond acceptors (Lipinski definition) is 6. The van der Waals surface area contributed by atoms with Crippen LogP contribution in [0.25, 0.3) is 11.4 Å². The third-order valence-electron chi connectivity index (χ3n) is 4.20. The maximum absolute atomic E-state index is 12.6. The zero-order valence-corrected chi connectivity index (χ0v) is 16.3. The van der Waals surface area contributed by atoms with Crippen molar-refractivity contribution in [3.63, 3.8) is 0 Å². The van der Waals surface area contributed by atoms with Crippen molar-refractivity contribution in [1.29, 1.82) is 0 Å². The molecular weight excluding hydrogens is 350 g/mol. The van der Waals surface area contributed by atoms with E-state index in [1.165, 1.54) is 11.8 Å². The lowest BCUT2D eigenvalue weighted by Gasteiger charge is -2.35. The Morgan fingerprint density at radius 3 is 2.58 bits per heavy atom. The first-order valence-corrected chi connectivity index (χ1v) is 9.96. The van der Waals surface area contributed by atoms with E-state index in [0.29, 0.717) is 18.8 Å². The van der Waals surface area contributed by atoms with Crippen molar-refractivity contribution >= 4 is 17.7 Å². The summed E-state index contributed by atoms with van der Waals surface area (Å²) >= 11 is 1.45. The smallest absolute Gasteiger partial charge is 0.233 e. The molecule has 1 saturated heterocycles. The molecule has 26 heavy (non-hydrogen) atoms. The Labute approximate surface area is 158 Å². The van der Waals surface area contributed by atoms with Gasteiger partial charge in [0.1, 0.15) is 0 Å². The van der Waals surface area contributed by atoms with Gasteiger partial charge >= 0.3 is 0 Å². The van der Waals surface area contributed by atoms with Gasteiger partial charge in [-0.25, -0.2) is 0 Å². The van der Waals surface area contributed by atoms with Gasteiger partial charge in [0.05, 0.1) is 18.0 Å². The van der Waals surface area contributed by atoms with Gasteiger partial charge in [-0.2, -0.15) is 0 Å². The summed E-state index contributed by atoms with van der Waals surface area (Å²) < 4.78 is 7.78. The predicted octanol–water partition coefficient (Wildman–Crippen LogP) is 2.48. The van der Waals surface area contributed by atoms with Crippen LogP contribution in [0.5, 0.6) is 0 Å². The van der Waals surface area contributed by atoms with E-state index in [0.717, 1.165) is 29.5 Å². The highest BCUT2D eigenvalue weighted by Gasteiger charge is 2.26. The summed E-state index contributed by atoms with van der Waals surface area (Å²) in [6.07, 6.45) is 4.62. The molecule has 140 valence electrons. The Morgan fingerprint density at radius 2 is 1.92 bits per heavy atom. The van der Waals surface area contributed by atoms with E-state index < -0.39 is 0 Å². The highest BCUT2D eigenvalue weighted by atomic mass is 32.2. The fourth-order valence-corrected chi connectivity index (χ4v) is 4.00. The Morgan fingerprint density at radius 1 is 1.23 bits per heavy atom. The molecule has 0 aliphatic carbocycles. The van der Waals surface area contributed by atoms with Gasteiger partial charge in [-0.3, -0.25) is 9.78 Å². The van der Waals surface area contributed by atoms with Crippen LogP contribution in [0.2, 0.25) is 0 Å². The minimum atomic E-state index is 0.0785. The first-order valence-electron chi connectivity index (χ1n) is 8.98. The molecule has 7 nitrogen and oxygen atoms in total.